The molecule has 1 amide bonds. The second-order valence-corrected chi connectivity index (χ2v) is 7.54. The summed E-state index contributed by atoms with van der Waals surface area (Å²) in [4.78, 5) is 23.4. The fourth-order valence-corrected chi connectivity index (χ4v) is 3.73. The summed E-state index contributed by atoms with van der Waals surface area (Å²) in [6.45, 7) is 4.14. The second-order valence-electron chi connectivity index (χ2n) is 7.54. The van der Waals surface area contributed by atoms with Crippen molar-refractivity contribution in [3.8, 4) is 17.1 Å². The number of nitrogens with two attached hydrogens (primary N) is 1. The fraction of sp³-hybridized carbons (Fsp3) is 0.333. The Kier molecular flexibility index (Phi) is 5.47. The average molecular weight is 407 g/mol. The molecule has 3 aromatic rings. The number of carbonyl (C=O) groups excluding carboxylic acids is 1. The molecule has 4 N–H and O–H groups in total. The number of hydrogen-bond donors (Lipinski definition) is 3. The van der Waals surface area contributed by atoms with Crippen LogP contribution in [0, 0.1) is 6.92 Å². The highest BCUT2D eigenvalue weighted by atomic mass is 16.3. The van der Waals surface area contributed by atoms with E-state index in [9.17, 15) is 4.79 Å². The van der Waals surface area contributed by atoms with E-state index in [0.29, 0.717) is 17.1 Å². The van der Waals surface area contributed by atoms with Crippen molar-refractivity contribution in [1.82, 2.24) is 30.0 Å². The van der Waals surface area contributed by atoms with E-state index in [1.807, 2.05) is 0 Å². The van der Waals surface area contributed by atoms with Crippen molar-refractivity contribution in [2.24, 2.45) is 0 Å². The molecule has 3 heterocycles. The second kappa shape index (κ2) is 8.21. The number of nitrogen functional groups attached to an aromatic ring is 1. The standard InChI is InChI=1S/C21H25N7O2/c1-13-7-14(8-15-11-27(2)5-3-17(13)15)18-10-24-19(22)20(26-18)28-12-16(9-25-28)21(30)23-4-6-29/h7-10,12,29H,3-6,11H2,1-2H3,(H2,22,24)(H,23,30). The molecular weight excluding hydrogens is 382 g/mol. The number of nitrogens with zero attached hydrogens (tertiary/aromatic N) is 5. The van der Waals surface area contributed by atoms with E-state index >= 15 is 0 Å². The number of rotatable bonds is 5. The molecule has 1 aromatic carbocycles. The molecule has 0 unspecified atom stereocenters. The van der Waals surface area contributed by atoms with Gasteiger partial charge in [-0.1, -0.05) is 0 Å². The van der Waals surface area contributed by atoms with E-state index in [4.69, 9.17) is 10.8 Å². The summed E-state index contributed by atoms with van der Waals surface area (Å²) in [7, 11) is 2.12. The number of benzene rings is 1. The molecule has 0 fully saturated rings. The van der Waals surface area contributed by atoms with Crippen molar-refractivity contribution >= 4 is 11.7 Å². The molecule has 0 saturated carbocycles. The topological polar surface area (TPSA) is 122 Å². The molecule has 30 heavy (non-hydrogen) atoms. The van der Waals surface area contributed by atoms with E-state index in [-0.39, 0.29) is 24.9 Å². The Bertz CT molecular complexity index is 1090. The summed E-state index contributed by atoms with van der Waals surface area (Å²) in [5.41, 5.74) is 12.0. The summed E-state index contributed by atoms with van der Waals surface area (Å²) in [6.07, 6.45) is 5.68. The third kappa shape index (κ3) is 3.89. The first kappa shape index (κ1) is 20.0. The monoisotopic (exact) mass is 407 g/mol. The first-order chi connectivity index (χ1) is 14.5. The molecular formula is C21H25N7O2. The van der Waals surface area contributed by atoms with Gasteiger partial charge in [-0.05, 0) is 49.2 Å². The summed E-state index contributed by atoms with van der Waals surface area (Å²) >= 11 is 0. The Morgan fingerprint density at radius 2 is 2.17 bits per heavy atom. The molecule has 0 saturated heterocycles. The van der Waals surface area contributed by atoms with Crippen LogP contribution in [0.3, 0.4) is 0 Å². The quantitative estimate of drug-likeness (QED) is 0.575. The van der Waals surface area contributed by atoms with Crippen LogP contribution >= 0.6 is 0 Å². The van der Waals surface area contributed by atoms with E-state index in [1.54, 1.807) is 12.4 Å². The van der Waals surface area contributed by atoms with Crippen LogP contribution in [0.15, 0.2) is 30.7 Å². The van der Waals surface area contributed by atoms with Crippen molar-refractivity contribution in [1.29, 1.82) is 0 Å². The smallest absolute Gasteiger partial charge is 0.254 e. The largest absolute Gasteiger partial charge is 0.395 e. The van der Waals surface area contributed by atoms with Gasteiger partial charge in [0.25, 0.3) is 5.91 Å². The molecule has 9 nitrogen and oxygen atoms in total. The number of aromatic nitrogens is 4. The Labute approximate surface area is 174 Å². The minimum absolute atomic E-state index is 0.129. The van der Waals surface area contributed by atoms with Gasteiger partial charge in [-0.3, -0.25) is 4.79 Å². The maximum atomic E-state index is 12.1. The van der Waals surface area contributed by atoms with Gasteiger partial charge in [0, 0.05) is 31.4 Å². The number of fused-ring (bicyclic) bond motifs is 1. The summed E-state index contributed by atoms with van der Waals surface area (Å²) in [5, 5.41) is 15.7. The third-order valence-corrected chi connectivity index (χ3v) is 5.29. The lowest BCUT2D eigenvalue weighted by molar-refractivity contribution is 0.0945. The number of aliphatic hydroxyl groups is 1. The summed E-state index contributed by atoms with van der Waals surface area (Å²) < 4.78 is 1.44. The first-order valence-corrected chi connectivity index (χ1v) is 9.84. The van der Waals surface area contributed by atoms with Gasteiger partial charge in [-0.25, -0.2) is 14.6 Å². The van der Waals surface area contributed by atoms with Crippen LogP contribution in [0.2, 0.25) is 0 Å². The first-order valence-electron chi connectivity index (χ1n) is 9.84. The van der Waals surface area contributed by atoms with Crippen molar-refractivity contribution in [2.75, 3.05) is 32.5 Å². The SMILES string of the molecule is Cc1cc(-c2cnc(N)c(-n3cc(C(=O)NCCO)cn3)n2)cc2c1CCN(C)C2. The van der Waals surface area contributed by atoms with Crippen LogP contribution in [0.25, 0.3) is 17.1 Å². The van der Waals surface area contributed by atoms with Crippen LogP contribution < -0.4 is 11.1 Å². The molecule has 0 bridgehead atoms. The lowest BCUT2D eigenvalue weighted by Crippen LogP contribution is -2.27. The highest BCUT2D eigenvalue weighted by Crippen LogP contribution is 2.29. The van der Waals surface area contributed by atoms with Crippen molar-refractivity contribution < 1.29 is 9.90 Å². The van der Waals surface area contributed by atoms with Gasteiger partial charge in [0.1, 0.15) is 0 Å². The Hall–Kier alpha value is -3.30. The number of amides is 1. The Balaban J connectivity index is 1.68. The highest BCUT2D eigenvalue weighted by Gasteiger charge is 2.18. The Morgan fingerprint density at radius 3 is 2.97 bits per heavy atom. The van der Waals surface area contributed by atoms with Crippen LogP contribution in [0.5, 0.6) is 0 Å². The fourth-order valence-electron chi connectivity index (χ4n) is 3.73. The maximum Gasteiger partial charge on any atom is 0.254 e. The van der Waals surface area contributed by atoms with Gasteiger partial charge in [0.15, 0.2) is 11.6 Å². The van der Waals surface area contributed by atoms with E-state index in [2.05, 4.69) is 51.4 Å². The van der Waals surface area contributed by atoms with E-state index in [0.717, 1.165) is 25.1 Å². The molecule has 4 rings (SSSR count). The van der Waals surface area contributed by atoms with Crippen molar-refractivity contribution in [3.05, 3.63) is 53.0 Å². The zero-order chi connectivity index (χ0) is 21.3. The van der Waals surface area contributed by atoms with Crippen LogP contribution in [-0.4, -0.2) is 62.4 Å². The number of likely N-dealkylation sites (N-methyl/N-ethyl adjacent to an activating group) is 1. The lowest BCUT2D eigenvalue weighted by atomic mass is 9.92. The predicted molar refractivity (Wildman–Crippen MR) is 113 cm³/mol. The number of carbonyl (C=O) groups is 1. The minimum atomic E-state index is -0.326. The highest BCUT2D eigenvalue weighted by molar-refractivity contribution is 5.93. The van der Waals surface area contributed by atoms with Gasteiger partial charge < -0.3 is 21.1 Å². The molecule has 1 aliphatic heterocycles. The van der Waals surface area contributed by atoms with Gasteiger partial charge in [-0.15, -0.1) is 0 Å². The Morgan fingerprint density at radius 1 is 1.33 bits per heavy atom. The summed E-state index contributed by atoms with van der Waals surface area (Å²) in [5.74, 6) is 0.257. The predicted octanol–water partition coefficient (Wildman–Crippen LogP) is 0.930. The third-order valence-electron chi connectivity index (χ3n) is 5.29. The van der Waals surface area contributed by atoms with Gasteiger partial charge in [0.2, 0.25) is 0 Å². The summed E-state index contributed by atoms with van der Waals surface area (Å²) in [6, 6.07) is 4.30. The van der Waals surface area contributed by atoms with Crippen LogP contribution in [-0.2, 0) is 13.0 Å². The molecule has 9 heteroatoms. The minimum Gasteiger partial charge on any atom is -0.395 e. The number of aryl methyl sites for hydroxylation is 1. The van der Waals surface area contributed by atoms with Gasteiger partial charge >= 0.3 is 0 Å². The molecule has 2 aromatic heterocycles. The normalized spacial score (nSPS) is 13.8. The lowest BCUT2D eigenvalue weighted by Gasteiger charge is -2.27. The number of hydrogen-bond acceptors (Lipinski definition) is 7. The van der Waals surface area contributed by atoms with E-state index < -0.39 is 0 Å². The van der Waals surface area contributed by atoms with Crippen molar-refractivity contribution in [2.45, 2.75) is 19.9 Å². The molecule has 156 valence electrons. The van der Waals surface area contributed by atoms with E-state index in [1.165, 1.54) is 27.6 Å². The maximum absolute atomic E-state index is 12.1. The van der Waals surface area contributed by atoms with Gasteiger partial charge in [-0.2, -0.15) is 5.10 Å². The van der Waals surface area contributed by atoms with Gasteiger partial charge in [0.05, 0.1) is 30.3 Å². The molecule has 0 atom stereocenters. The molecule has 0 aliphatic carbocycles. The van der Waals surface area contributed by atoms with Crippen LogP contribution in [0.4, 0.5) is 5.82 Å². The number of aliphatic hydroxyl groups excluding tert-OH is 1. The number of anilines is 1. The zero-order valence-corrected chi connectivity index (χ0v) is 17.1. The van der Waals surface area contributed by atoms with Crippen molar-refractivity contribution in [3.63, 3.8) is 0 Å². The molecule has 0 spiro atoms. The molecule has 0 radical (unpaired) electrons. The zero-order valence-electron chi connectivity index (χ0n) is 17.1. The average Bonchev–Trinajstić information content (AvgIpc) is 3.22. The number of nitrogens with one attached hydrogen (secondary N) is 1. The van der Waals surface area contributed by atoms with Crippen LogP contribution in [0.1, 0.15) is 27.0 Å². The molecule has 1 aliphatic rings.